The van der Waals surface area contributed by atoms with E-state index in [0.717, 1.165) is 53.9 Å². The second kappa shape index (κ2) is 11.8. The quantitative estimate of drug-likeness (QED) is 0.352. The van der Waals surface area contributed by atoms with Crippen molar-refractivity contribution < 1.29 is 4.39 Å². The fourth-order valence-corrected chi connectivity index (χ4v) is 5.82. The molecule has 2 aliphatic heterocycles. The maximum Gasteiger partial charge on any atom is 0.186 e. The van der Waals surface area contributed by atoms with Gasteiger partial charge in [-0.1, -0.05) is 66.0 Å². The molecule has 0 radical (unpaired) electrons. The van der Waals surface area contributed by atoms with Gasteiger partial charge in [0.25, 0.3) is 0 Å². The monoisotopic (exact) mass is 500 g/mol. The van der Waals surface area contributed by atoms with Crippen molar-refractivity contribution in [2.45, 2.75) is 45.1 Å². The predicted molar refractivity (Wildman–Crippen MR) is 149 cm³/mol. The molecule has 0 unspecified atom stereocenters. The Balaban J connectivity index is 1.40. The van der Waals surface area contributed by atoms with Crippen LogP contribution in [0.25, 0.3) is 11.3 Å². The minimum Gasteiger partial charge on any atom is -0.348 e. The molecule has 0 aliphatic carbocycles. The van der Waals surface area contributed by atoms with Crippen LogP contribution >= 0.6 is 11.3 Å². The molecule has 0 bridgehead atoms. The van der Waals surface area contributed by atoms with Gasteiger partial charge >= 0.3 is 0 Å². The lowest BCUT2D eigenvalue weighted by Crippen LogP contribution is -2.29. The Morgan fingerprint density at radius 1 is 1.03 bits per heavy atom. The highest BCUT2D eigenvalue weighted by Crippen LogP contribution is 2.37. The van der Waals surface area contributed by atoms with E-state index in [1.165, 1.54) is 30.9 Å². The molecular weight excluding hydrogens is 467 g/mol. The molecular formula is C30H33FN4S. The average Bonchev–Trinajstić information content (AvgIpc) is 3.23. The Kier molecular flexibility index (Phi) is 8.04. The van der Waals surface area contributed by atoms with Crippen LogP contribution in [0.2, 0.25) is 0 Å². The second-order valence-corrected chi connectivity index (χ2v) is 10.3. The van der Waals surface area contributed by atoms with E-state index in [1.54, 1.807) is 17.4 Å². The van der Waals surface area contributed by atoms with Gasteiger partial charge in [0.15, 0.2) is 5.13 Å². The summed E-state index contributed by atoms with van der Waals surface area (Å²) in [5.41, 5.74) is 4.43. The van der Waals surface area contributed by atoms with Crippen molar-refractivity contribution in [3.05, 3.63) is 94.8 Å². The first kappa shape index (κ1) is 24.6. The summed E-state index contributed by atoms with van der Waals surface area (Å²) in [5.74, 6) is -0.248. The highest BCUT2D eigenvalue weighted by molar-refractivity contribution is 7.18. The number of aromatic nitrogens is 1. The van der Waals surface area contributed by atoms with Crippen molar-refractivity contribution in [1.29, 1.82) is 0 Å². The molecule has 5 rings (SSSR count). The van der Waals surface area contributed by atoms with Crippen LogP contribution < -0.4 is 10.2 Å². The van der Waals surface area contributed by atoms with E-state index in [-0.39, 0.29) is 11.9 Å². The van der Waals surface area contributed by atoms with Gasteiger partial charge in [0, 0.05) is 43.4 Å². The van der Waals surface area contributed by atoms with Gasteiger partial charge in [-0.3, -0.25) is 4.99 Å². The molecule has 2 aliphatic rings. The van der Waals surface area contributed by atoms with Crippen molar-refractivity contribution in [3.63, 3.8) is 0 Å². The van der Waals surface area contributed by atoms with Crippen molar-refractivity contribution in [3.8, 4) is 11.3 Å². The van der Waals surface area contributed by atoms with Crippen LogP contribution in [0.1, 0.15) is 55.5 Å². The summed E-state index contributed by atoms with van der Waals surface area (Å²) in [4.78, 5) is 13.3. The summed E-state index contributed by atoms with van der Waals surface area (Å²) >= 11 is 1.64. The number of nitrogens with one attached hydrogen (secondary N) is 1. The molecule has 36 heavy (non-hydrogen) atoms. The molecule has 186 valence electrons. The highest BCUT2D eigenvalue weighted by atomic mass is 32.1. The standard InChI is InChI=1S/C30H33FN4S/c1-22(23-12-4-2-5-13-23)32-19-18-24-14-6-9-17-27(33-24)29-28(25-15-7-8-16-26(25)31)34-30(36-29)35-20-10-3-11-21-35/h2,4-5,7-9,12-17,22,32H,3,6,10-11,18-21H2,1H3/t22-/m0/s1. The van der Waals surface area contributed by atoms with Crippen molar-refractivity contribution in [2.75, 3.05) is 24.5 Å². The summed E-state index contributed by atoms with van der Waals surface area (Å²) in [5, 5.41) is 4.58. The number of allylic oxidation sites excluding steroid dienone is 3. The Morgan fingerprint density at radius 2 is 1.81 bits per heavy atom. The molecule has 1 fully saturated rings. The zero-order valence-electron chi connectivity index (χ0n) is 20.8. The molecule has 3 aromatic rings. The predicted octanol–water partition coefficient (Wildman–Crippen LogP) is 7.31. The van der Waals surface area contributed by atoms with Gasteiger partial charge in [-0.25, -0.2) is 9.37 Å². The molecule has 1 N–H and O–H groups in total. The number of rotatable bonds is 8. The molecule has 4 nitrogen and oxygen atoms in total. The fourth-order valence-electron chi connectivity index (χ4n) is 4.72. The van der Waals surface area contributed by atoms with E-state index in [2.05, 4.69) is 59.6 Å². The number of aliphatic imine (C=N–C) groups is 1. The Morgan fingerprint density at radius 3 is 2.61 bits per heavy atom. The minimum atomic E-state index is -0.248. The van der Waals surface area contributed by atoms with Gasteiger partial charge in [0.2, 0.25) is 0 Å². The minimum absolute atomic E-state index is 0.248. The number of hydrogen-bond acceptors (Lipinski definition) is 5. The lowest BCUT2D eigenvalue weighted by Gasteiger charge is -2.25. The maximum absolute atomic E-state index is 14.9. The molecule has 0 amide bonds. The van der Waals surface area contributed by atoms with Crippen LogP contribution in [-0.2, 0) is 0 Å². The van der Waals surface area contributed by atoms with Gasteiger partial charge in [-0.05, 0) is 56.4 Å². The Bertz CT molecular complexity index is 1250. The van der Waals surface area contributed by atoms with Crippen LogP contribution in [0.15, 0.2) is 83.5 Å². The van der Waals surface area contributed by atoms with Crippen LogP contribution in [0, 0.1) is 5.82 Å². The number of hydrogen-bond donors (Lipinski definition) is 1. The molecule has 0 saturated carbocycles. The first-order chi connectivity index (χ1) is 17.7. The number of benzene rings is 2. The first-order valence-electron chi connectivity index (χ1n) is 12.9. The molecule has 2 aromatic carbocycles. The SMILES string of the molecule is C[C@H](NCCC1=CCC=CC(c2sc(N3CCCCC3)nc2-c2ccccc2F)=N1)c1ccccc1. The zero-order chi connectivity index (χ0) is 24.7. The van der Waals surface area contributed by atoms with E-state index in [4.69, 9.17) is 9.98 Å². The number of nitrogens with zero attached hydrogens (tertiary/aromatic N) is 3. The third-order valence-electron chi connectivity index (χ3n) is 6.76. The van der Waals surface area contributed by atoms with Gasteiger partial charge in [0.1, 0.15) is 5.82 Å². The van der Waals surface area contributed by atoms with Crippen molar-refractivity contribution in [2.24, 2.45) is 4.99 Å². The Labute approximate surface area is 217 Å². The highest BCUT2D eigenvalue weighted by Gasteiger charge is 2.23. The first-order valence-corrected chi connectivity index (χ1v) is 13.7. The zero-order valence-corrected chi connectivity index (χ0v) is 21.6. The van der Waals surface area contributed by atoms with E-state index in [0.29, 0.717) is 11.3 Å². The number of piperidine rings is 1. The number of thiazole rings is 1. The fraction of sp³-hybridized carbons (Fsp3) is 0.333. The summed E-state index contributed by atoms with van der Waals surface area (Å²) < 4.78 is 14.9. The van der Waals surface area contributed by atoms with Crippen molar-refractivity contribution in [1.82, 2.24) is 10.3 Å². The van der Waals surface area contributed by atoms with Gasteiger partial charge in [-0.2, -0.15) is 0 Å². The van der Waals surface area contributed by atoms with E-state index >= 15 is 0 Å². The van der Waals surface area contributed by atoms with E-state index in [9.17, 15) is 4.39 Å². The third-order valence-corrected chi connectivity index (χ3v) is 7.90. The number of halogens is 1. The average molecular weight is 501 g/mol. The Hall–Kier alpha value is -3.09. The van der Waals surface area contributed by atoms with Gasteiger partial charge < -0.3 is 10.2 Å². The summed E-state index contributed by atoms with van der Waals surface area (Å²) in [6, 6.07) is 17.7. The summed E-state index contributed by atoms with van der Waals surface area (Å²) in [6.45, 7) is 5.03. The van der Waals surface area contributed by atoms with Crippen LogP contribution in [0.5, 0.6) is 0 Å². The van der Waals surface area contributed by atoms with Gasteiger partial charge in [0.05, 0.1) is 16.3 Å². The normalized spacial score (nSPS) is 16.9. The second-order valence-electron chi connectivity index (χ2n) is 9.37. The van der Waals surface area contributed by atoms with E-state index in [1.807, 2.05) is 18.2 Å². The van der Waals surface area contributed by atoms with Crippen LogP contribution in [-0.4, -0.2) is 30.3 Å². The largest absolute Gasteiger partial charge is 0.348 e. The summed E-state index contributed by atoms with van der Waals surface area (Å²) in [6.07, 6.45) is 11.7. The molecule has 6 heteroatoms. The maximum atomic E-state index is 14.9. The van der Waals surface area contributed by atoms with Gasteiger partial charge in [-0.15, -0.1) is 0 Å². The molecule has 0 spiro atoms. The molecule has 1 saturated heterocycles. The van der Waals surface area contributed by atoms with Crippen LogP contribution in [0.3, 0.4) is 0 Å². The lowest BCUT2D eigenvalue weighted by molar-refractivity contribution is 0.574. The summed E-state index contributed by atoms with van der Waals surface area (Å²) in [7, 11) is 0. The topological polar surface area (TPSA) is 40.5 Å². The van der Waals surface area contributed by atoms with E-state index < -0.39 is 0 Å². The van der Waals surface area contributed by atoms with Crippen molar-refractivity contribution >= 4 is 22.2 Å². The molecule has 1 atom stereocenters. The smallest absolute Gasteiger partial charge is 0.186 e. The third kappa shape index (κ3) is 5.82. The molecule has 3 heterocycles. The lowest BCUT2D eigenvalue weighted by atomic mass is 10.1. The number of anilines is 1. The molecule has 1 aromatic heterocycles. The van der Waals surface area contributed by atoms with Crippen LogP contribution in [0.4, 0.5) is 9.52 Å².